The number of halogens is 4. The van der Waals surface area contributed by atoms with Crippen LogP contribution < -0.4 is 14.8 Å². The van der Waals surface area contributed by atoms with Crippen LogP contribution in [0.1, 0.15) is 12.8 Å². The van der Waals surface area contributed by atoms with Gasteiger partial charge >= 0.3 is 6.18 Å². The van der Waals surface area contributed by atoms with E-state index < -0.39 is 12.6 Å². The van der Waals surface area contributed by atoms with Crippen molar-refractivity contribution in [3.8, 4) is 11.5 Å². The van der Waals surface area contributed by atoms with Gasteiger partial charge in [-0.1, -0.05) is 11.6 Å². The summed E-state index contributed by atoms with van der Waals surface area (Å²) in [6.07, 6.45) is -4.98. The summed E-state index contributed by atoms with van der Waals surface area (Å²) in [5.74, 6) is 0.910. The lowest BCUT2D eigenvalue weighted by Gasteiger charge is -2.14. The zero-order chi connectivity index (χ0) is 14.5. The SMILES string of the molecule is COc1cc(OC)c(NCCCC(F)(F)F)cc1Cl. The Bertz CT molecular complexity index is 424. The number of hydrogen-bond acceptors (Lipinski definition) is 3. The minimum Gasteiger partial charge on any atom is -0.495 e. The highest BCUT2D eigenvalue weighted by Gasteiger charge is 2.25. The number of ether oxygens (including phenoxy) is 2. The molecule has 19 heavy (non-hydrogen) atoms. The third-order valence-electron chi connectivity index (χ3n) is 2.43. The first-order valence-corrected chi connectivity index (χ1v) is 5.97. The Morgan fingerprint density at radius 3 is 2.32 bits per heavy atom. The Balaban J connectivity index is 2.65. The van der Waals surface area contributed by atoms with E-state index in [9.17, 15) is 13.2 Å². The first-order valence-electron chi connectivity index (χ1n) is 5.59. The van der Waals surface area contributed by atoms with Crippen molar-refractivity contribution in [2.45, 2.75) is 19.0 Å². The second kappa shape index (κ2) is 6.75. The number of hydrogen-bond donors (Lipinski definition) is 1. The average molecular weight is 298 g/mol. The van der Waals surface area contributed by atoms with Crippen LogP contribution in [0.3, 0.4) is 0 Å². The number of rotatable bonds is 6. The fourth-order valence-corrected chi connectivity index (χ4v) is 1.75. The number of benzene rings is 1. The van der Waals surface area contributed by atoms with Gasteiger partial charge in [-0.05, 0) is 12.5 Å². The Labute approximate surface area is 114 Å². The molecular weight excluding hydrogens is 283 g/mol. The Kier molecular flexibility index (Phi) is 5.60. The molecule has 0 spiro atoms. The minimum absolute atomic E-state index is 0.0176. The Morgan fingerprint density at radius 2 is 1.79 bits per heavy atom. The highest BCUT2D eigenvalue weighted by molar-refractivity contribution is 6.32. The monoisotopic (exact) mass is 297 g/mol. The third-order valence-corrected chi connectivity index (χ3v) is 2.72. The minimum atomic E-state index is -4.14. The van der Waals surface area contributed by atoms with Crippen molar-refractivity contribution in [2.24, 2.45) is 0 Å². The zero-order valence-corrected chi connectivity index (χ0v) is 11.4. The summed E-state index contributed by atoms with van der Waals surface area (Å²) >= 11 is 5.94. The van der Waals surface area contributed by atoms with Crippen molar-refractivity contribution in [2.75, 3.05) is 26.1 Å². The van der Waals surface area contributed by atoms with E-state index in [-0.39, 0.29) is 13.0 Å². The second-order valence-electron chi connectivity index (χ2n) is 3.83. The fourth-order valence-electron chi connectivity index (χ4n) is 1.51. The quantitative estimate of drug-likeness (QED) is 0.802. The van der Waals surface area contributed by atoms with Crippen molar-refractivity contribution in [1.82, 2.24) is 0 Å². The van der Waals surface area contributed by atoms with Crippen LogP contribution in [0, 0.1) is 0 Å². The van der Waals surface area contributed by atoms with Crippen molar-refractivity contribution < 1.29 is 22.6 Å². The molecule has 0 aliphatic heterocycles. The normalized spacial score (nSPS) is 11.3. The largest absolute Gasteiger partial charge is 0.495 e. The summed E-state index contributed by atoms with van der Waals surface area (Å²) in [7, 11) is 2.93. The second-order valence-corrected chi connectivity index (χ2v) is 4.24. The number of alkyl halides is 3. The predicted octanol–water partition coefficient (Wildman–Crippen LogP) is 4.11. The number of anilines is 1. The molecule has 7 heteroatoms. The Morgan fingerprint density at radius 1 is 1.16 bits per heavy atom. The molecule has 1 N–H and O–H groups in total. The molecular formula is C12H15ClF3NO2. The van der Waals surface area contributed by atoms with Crippen LogP contribution in [0.2, 0.25) is 5.02 Å². The lowest BCUT2D eigenvalue weighted by Crippen LogP contribution is -2.11. The lowest BCUT2D eigenvalue weighted by molar-refractivity contribution is -0.134. The maximum absolute atomic E-state index is 12.0. The van der Waals surface area contributed by atoms with Gasteiger partial charge in [0.2, 0.25) is 0 Å². The summed E-state index contributed by atoms with van der Waals surface area (Å²) in [5.41, 5.74) is 0.537. The molecule has 1 aromatic carbocycles. The smallest absolute Gasteiger partial charge is 0.389 e. The van der Waals surface area contributed by atoms with Gasteiger partial charge in [0.05, 0.1) is 24.9 Å². The molecule has 0 aliphatic carbocycles. The molecule has 0 radical (unpaired) electrons. The van der Waals surface area contributed by atoms with Gasteiger partial charge in [0, 0.05) is 19.0 Å². The Hall–Kier alpha value is -1.30. The lowest BCUT2D eigenvalue weighted by atomic mass is 10.2. The van der Waals surface area contributed by atoms with E-state index in [1.165, 1.54) is 14.2 Å². The van der Waals surface area contributed by atoms with Crippen LogP contribution in [-0.4, -0.2) is 26.9 Å². The molecule has 0 saturated heterocycles. The van der Waals surface area contributed by atoms with E-state index in [2.05, 4.69) is 5.32 Å². The average Bonchev–Trinajstić information content (AvgIpc) is 2.33. The molecule has 0 unspecified atom stereocenters. The van der Waals surface area contributed by atoms with Gasteiger partial charge in [-0.2, -0.15) is 13.2 Å². The predicted molar refractivity (Wildman–Crippen MR) is 68.3 cm³/mol. The van der Waals surface area contributed by atoms with Crippen LogP contribution in [0.5, 0.6) is 11.5 Å². The van der Waals surface area contributed by atoms with Gasteiger partial charge in [-0.3, -0.25) is 0 Å². The summed E-state index contributed by atoms with van der Waals surface area (Å²) in [5, 5.41) is 3.23. The summed E-state index contributed by atoms with van der Waals surface area (Å²) in [6.45, 7) is 0.179. The highest BCUT2D eigenvalue weighted by Crippen LogP contribution is 2.35. The van der Waals surface area contributed by atoms with Crippen LogP contribution in [0.25, 0.3) is 0 Å². The molecule has 0 aliphatic rings. The maximum Gasteiger partial charge on any atom is 0.389 e. The third kappa shape index (κ3) is 5.06. The van der Waals surface area contributed by atoms with E-state index in [0.717, 1.165) is 0 Å². The van der Waals surface area contributed by atoms with Crippen molar-refractivity contribution in [3.05, 3.63) is 17.2 Å². The summed E-state index contributed by atoms with van der Waals surface area (Å²) in [4.78, 5) is 0. The molecule has 0 saturated carbocycles. The van der Waals surface area contributed by atoms with Gasteiger partial charge in [-0.15, -0.1) is 0 Å². The van der Waals surface area contributed by atoms with Crippen LogP contribution in [0.15, 0.2) is 12.1 Å². The van der Waals surface area contributed by atoms with E-state index in [1.807, 2.05) is 0 Å². The van der Waals surface area contributed by atoms with E-state index in [1.54, 1.807) is 12.1 Å². The summed E-state index contributed by atoms with van der Waals surface area (Å²) < 4.78 is 46.1. The van der Waals surface area contributed by atoms with Gasteiger partial charge in [0.1, 0.15) is 11.5 Å². The van der Waals surface area contributed by atoms with Gasteiger partial charge < -0.3 is 14.8 Å². The fraction of sp³-hybridized carbons (Fsp3) is 0.500. The van der Waals surface area contributed by atoms with Crippen molar-refractivity contribution in [1.29, 1.82) is 0 Å². The van der Waals surface area contributed by atoms with Crippen LogP contribution >= 0.6 is 11.6 Å². The molecule has 0 fully saturated rings. The molecule has 0 heterocycles. The maximum atomic E-state index is 12.0. The van der Waals surface area contributed by atoms with E-state index in [0.29, 0.717) is 22.2 Å². The first-order chi connectivity index (χ1) is 8.87. The molecule has 3 nitrogen and oxygen atoms in total. The number of methoxy groups -OCH3 is 2. The highest BCUT2D eigenvalue weighted by atomic mass is 35.5. The number of nitrogens with one attached hydrogen (secondary N) is 1. The summed E-state index contributed by atoms with van der Waals surface area (Å²) in [6, 6.07) is 3.14. The van der Waals surface area contributed by atoms with E-state index in [4.69, 9.17) is 21.1 Å². The molecule has 0 atom stereocenters. The van der Waals surface area contributed by atoms with Crippen molar-refractivity contribution in [3.63, 3.8) is 0 Å². The standard InChI is InChI=1S/C12H15ClF3NO2/c1-18-10-7-11(19-2)9(6-8(10)13)17-5-3-4-12(14,15)16/h6-7,17H,3-5H2,1-2H3. The molecule has 0 aromatic heterocycles. The van der Waals surface area contributed by atoms with Gasteiger partial charge in [0.15, 0.2) is 0 Å². The zero-order valence-electron chi connectivity index (χ0n) is 10.6. The topological polar surface area (TPSA) is 30.5 Å². The van der Waals surface area contributed by atoms with Crippen LogP contribution in [0.4, 0.5) is 18.9 Å². The molecule has 108 valence electrons. The van der Waals surface area contributed by atoms with Crippen molar-refractivity contribution >= 4 is 17.3 Å². The van der Waals surface area contributed by atoms with Crippen LogP contribution in [-0.2, 0) is 0 Å². The van der Waals surface area contributed by atoms with E-state index >= 15 is 0 Å². The molecule has 0 bridgehead atoms. The molecule has 0 amide bonds. The molecule has 1 aromatic rings. The first kappa shape index (κ1) is 15.8. The molecule has 1 rings (SSSR count). The van der Waals surface area contributed by atoms with Gasteiger partial charge in [-0.25, -0.2) is 0 Å². The van der Waals surface area contributed by atoms with Gasteiger partial charge in [0.25, 0.3) is 0 Å².